The number of aromatic nitrogens is 1. The Morgan fingerprint density at radius 1 is 1.35 bits per heavy atom. The molecule has 3 amide bonds. The molecule has 2 aromatic heterocycles. The van der Waals surface area contributed by atoms with Crippen molar-refractivity contribution in [2.24, 2.45) is 5.92 Å². The van der Waals surface area contributed by atoms with Crippen LogP contribution in [0.5, 0.6) is 0 Å². The Balaban J connectivity index is 1.53. The predicted octanol–water partition coefficient (Wildman–Crippen LogP) is 2.26. The van der Waals surface area contributed by atoms with Gasteiger partial charge in [-0.3, -0.25) is 14.4 Å². The molecule has 0 atom stereocenters. The number of likely N-dealkylation sites (tertiary alicyclic amines) is 1. The standard InChI is InChI=1S/C21H28N4O5S/c1-15-5-7-24(8-6-15)19(27)12-16-14-31-21(22-16)23-18(26)13-25(9-11-29-2)20(28)17-4-3-10-30-17/h3-4,10,14-15H,5-9,11-13H2,1-2H3,(H,22,23,26). The number of hydrogen-bond donors (Lipinski definition) is 1. The first-order valence-corrected chi connectivity index (χ1v) is 11.2. The average molecular weight is 449 g/mol. The van der Waals surface area contributed by atoms with Crippen LogP contribution in [0.2, 0.25) is 0 Å². The van der Waals surface area contributed by atoms with E-state index in [2.05, 4.69) is 17.2 Å². The van der Waals surface area contributed by atoms with Crippen molar-refractivity contribution in [3.05, 3.63) is 35.2 Å². The normalized spacial score (nSPS) is 14.5. The van der Waals surface area contributed by atoms with E-state index in [4.69, 9.17) is 9.15 Å². The van der Waals surface area contributed by atoms with E-state index in [9.17, 15) is 14.4 Å². The lowest BCUT2D eigenvalue weighted by Gasteiger charge is -2.30. The molecule has 0 spiro atoms. The molecule has 0 saturated carbocycles. The summed E-state index contributed by atoms with van der Waals surface area (Å²) in [5.74, 6) is 0.107. The summed E-state index contributed by atoms with van der Waals surface area (Å²) in [6, 6.07) is 3.16. The van der Waals surface area contributed by atoms with Crippen molar-refractivity contribution in [3.8, 4) is 0 Å². The largest absolute Gasteiger partial charge is 0.459 e. The van der Waals surface area contributed by atoms with Crippen LogP contribution in [-0.2, 0) is 20.7 Å². The van der Waals surface area contributed by atoms with Gasteiger partial charge in [0.1, 0.15) is 6.54 Å². The van der Waals surface area contributed by atoms with Crippen LogP contribution < -0.4 is 5.32 Å². The summed E-state index contributed by atoms with van der Waals surface area (Å²) in [6.45, 7) is 4.15. The van der Waals surface area contributed by atoms with Gasteiger partial charge in [-0.15, -0.1) is 11.3 Å². The van der Waals surface area contributed by atoms with Crippen LogP contribution in [0.25, 0.3) is 0 Å². The first-order valence-electron chi connectivity index (χ1n) is 10.3. The van der Waals surface area contributed by atoms with Gasteiger partial charge in [0.15, 0.2) is 10.9 Å². The number of nitrogens with one attached hydrogen (secondary N) is 1. The minimum atomic E-state index is -0.390. The van der Waals surface area contributed by atoms with Crippen LogP contribution in [0, 0.1) is 5.92 Å². The number of hydrogen-bond acceptors (Lipinski definition) is 7. The summed E-state index contributed by atoms with van der Waals surface area (Å²) in [5, 5.41) is 4.88. The highest BCUT2D eigenvalue weighted by atomic mass is 32.1. The van der Waals surface area contributed by atoms with Gasteiger partial charge in [-0.1, -0.05) is 6.92 Å². The lowest BCUT2D eigenvalue weighted by Crippen LogP contribution is -2.39. The zero-order valence-electron chi connectivity index (χ0n) is 17.8. The van der Waals surface area contributed by atoms with Crippen LogP contribution in [0.15, 0.2) is 28.2 Å². The molecule has 1 N–H and O–H groups in total. The number of methoxy groups -OCH3 is 1. The maximum Gasteiger partial charge on any atom is 0.290 e. The highest BCUT2D eigenvalue weighted by Gasteiger charge is 2.23. The van der Waals surface area contributed by atoms with Crippen molar-refractivity contribution in [2.45, 2.75) is 26.2 Å². The maximum absolute atomic E-state index is 12.5. The second-order valence-corrected chi connectivity index (χ2v) is 8.49. The number of furan rings is 1. The highest BCUT2D eigenvalue weighted by molar-refractivity contribution is 7.13. The van der Waals surface area contributed by atoms with E-state index < -0.39 is 5.91 Å². The van der Waals surface area contributed by atoms with E-state index in [0.29, 0.717) is 23.4 Å². The highest BCUT2D eigenvalue weighted by Crippen LogP contribution is 2.19. The van der Waals surface area contributed by atoms with Crippen LogP contribution >= 0.6 is 11.3 Å². The SMILES string of the molecule is COCCN(CC(=O)Nc1nc(CC(=O)N2CCC(C)CC2)cs1)C(=O)c1ccco1. The average Bonchev–Trinajstić information content (AvgIpc) is 3.43. The number of thiazole rings is 1. The Morgan fingerprint density at radius 3 is 2.81 bits per heavy atom. The van der Waals surface area contributed by atoms with Crippen molar-refractivity contribution < 1.29 is 23.5 Å². The number of rotatable bonds is 9. The number of amides is 3. The lowest BCUT2D eigenvalue weighted by atomic mass is 9.99. The Kier molecular flexibility index (Phi) is 8.19. The molecule has 1 aliphatic rings. The molecule has 9 nitrogen and oxygen atoms in total. The number of carbonyl (C=O) groups is 3. The smallest absolute Gasteiger partial charge is 0.290 e. The zero-order chi connectivity index (χ0) is 22.2. The molecule has 1 fully saturated rings. The van der Waals surface area contributed by atoms with Crippen molar-refractivity contribution in [2.75, 3.05) is 45.2 Å². The molecule has 0 bridgehead atoms. The quantitative estimate of drug-likeness (QED) is 0.631. The van der Waals surface area contributed by atoms with Crippen molar-refractivity contribution >= 4 is 34.2 Å². The molecule has 168 valence electrons. The molecule has 0 radical (unpaired) electrons. The first kappa shape index (κ1) is 23.0. The van der Waals surface area contributed by atoms with Gasteiger partial charge >= 0.3 is 0 Å². The summed E-state index contributed by atoms with van der Waals surface area (Å²) in [6.07, 6.45) is 3.68. The third kappa shape index (κ3) is 6.63. The van der Waals surface area contributed by atoms with E-state index in [1.54, 1.807) is 17.5 Å². The fraction of sp³-hybridized carbons (Fsp3) is 0.524. The monoisotopic (exact) mass is 448 g/mol. The minimum absolute atomic E-state index is 0.0601. The maximum atomic E-state index is 12.5. The number of nitrogens with zero attached hydrogens (tertiary/aromatic N) is 3. The fourth-order valence-corrected chi connectivity index (χ4v) is 4.04. The summed E-state index contributed by atoms with van der Waals surface area (Å²) in [7, 11) is 1.53. The van der Waals surface area contributed by atoms with E-state index in [-0.39, 0.29) is 37.1 Å². The molecular weight excluding hydrogens is 420 g/mol. The molecule has 3 heterocycles. The third-order valence-corrected chi connectivity index (χ3v) is 5.99. The Labute approximate surface area is 185 Å². The second-order valence-electron chi connectivity index (χ2n) is 7.63. The molecule has 31 heavy (non-hydrogen) atoms. The molecule has 0 aromatic carbocycles. The van der Waals surface area contributed by atoms with E-state index >= 15 is 0 Å². The molecule has 0 aliphatic carbocycles. The number of anilines is 1. The van der Waals surface area contributed by atoms with Gasteiger partial charge < -0.3 is 24.3 Å². The molecule has 2 aromatic rings. The van der Waals surface area contributed by atoms with Gasteiger partial charge in [0, 0.05) is 32.1 Å². The van der Waals surface area contributed by atoms with Crippen LogP contribution in [-0.4, -0.2) is 72.4 Å². The number of carbonyl (C=O) groups excluding carboxylic acids is 3. The van der Waals surface area contributed by atoms with E-state index in [1.165, 1.54) is 29.6 Å². The molecular formula is C21H28N4O5S. The summed E-state index contributed by atoms with van der Waals surface area (Å²) in [5.41, 5.74) is 0.631. The second kappa shape index (κ2) is 11.1. The van der Waals surface area contributed by atoms with Gasteiger partial charge in [-0.2, -0.15) is 0 Å². The zero-order valence-corrected chi connectivity index (χ0v) is 18.7. The number of ether oxygens (including phenoxy) is 1. The molecule has 1 saturated heterocycles. The van der Waals surface area contributed by atoms with Crippen molar-refractivity contribution in [3.63, 3.8) is 0 Å². The van der Waals surface area contributed by atoms with Gasteiger partial charge in [0.05, 0.1) is 25.0 Å². The predicted molar refractivity (Wildman–Crippen MR) is 116 cm³/mol. The van der Waals surface area contributed by atoms with Crippen LogP contribution in [0.3, 0.4) is 0 Å². The van der Waals surface area contributed by atoms with E-state index in [1.807, 2.05) is 4.90 Å². The third-order valence-electron chi connectivity index (χ3n) is 5.19. The summed E-state index contributed by atoms with van der Waals surface area (Å²) in [4.78, 5) is 45.1. The van der Waals surface area contributed by atoms with Crippen LogP contribution in [0.4, 0.5) is 5.13 Å². The summed E-state index contributed by atoms with van der Waals surface area (Å²) < 4.78 is 10.2. The van der Waals surface area contributed by atoms with Crippen molar-refractivity contribution in [1.29, 1.82) is 0 Å². The Morgan fingerprint density at radius 2 is 2.13 bits per heavy atom. The minimum Gasteiger partial charge on any atom is -0.459 e. The molecule has 3 rings (SSSR count). The van der Waals surface area contributed by atoms with Crippen LogP contribution in [0.1, 0.15) is 36.0 Å². The van der Waals surface area contributed by atoms with Gasteiger partial charge in [0.25, 0.3) is 5.91 Å². The molecule has 0 unspecified atom stereocenters. The molecule has 10 heteroatoms. The van der Waals surface area contributed by atoms with Gasteiger partial charge in [-0.05, 0) is 30.9 Å². The van der Waals surface area contributed by atoms with Gasteiger partial charge in [-0.25, -0.2) is 4.98 Å². The topological polar surface area (TPSA) is 105 Å². The Bertz CT molecular complexity index is 874. The first-order chi connectivity index (χ1) is 15.0. The summed E-state index contributed by atoms with van der Waals surface area (Å²) >= 11 is 1.26. The van der Waals surface area contributed by atoms with E-state index in [0.717, 1.165) is 25.9 Å². The van der Waals surface area contributed by atoms with Gasteiger partial charge in [0.2, 0.25) is 11.8 Å². The molecule has 1 aliphatic heterocycles. The van der Waals surface area contributed by atoms with Crippen molar-refractivity contribution in [1.82, 2.24) is 14.8 Å². The number of piperidine rings is 1. The Hall–Kier alpha value is -2.72. The fourth-order valence-electron chi connectivity index (χ4n) is 3.31. The lowest BCUT2D eigenvalue weighted by molar-refractivity contribution is -0.131.